The SMILES string of the molecule is COc1ccc(N2CCCN(C(C)c3nc(-c4ccc(C)c(F)c4)no3)CC2)cc1. The average molecular weight is 410 g/mol. The molecule has 0 spiro atoms. The Labute approximate surface area is 176 Å². The molecule has 2 heterocycles. The highest BCUT2D eigenvalue weighted by atomic mass is 19.1. The molecular weight excluding hydrogens is 383 g/mol. The molecular formula is C23H27FN4O2. The molecule has 6 nitrogen and oxygen atoms in total. The van der Waals surface area contributed by atoms with Gasteiger partial charge in [-0.1, -0.05) is 17.3 Å². The van der Waals surface area contributed by atoms with E-state index in [1.165, 1.54) is 11.8 Å². The summed E-state index contributed by atoms with van der Waals surface area (Å²) in [7, 11) is 1.68. The monoisotopic (exact) mass is 410 g/mol. The highest BCUT2D eigenvalue weighted by Gasteiger charge is 2.25. The van der Waals surface area contributed by atoms with Crippen LogP contribution in [0.15, 0.2) is 47.0 Å². The van der Waals surface area contributed by atoms with Gasteiger partial charge in [-0.05, 0) is 56.2 Å². The summed E-state index contributed by atoms with van der Waals surface area (Å²) in [4.78, 5) is 9.29. The summed E-state index contributed by atoms with van der Waals surface area (Å²) in [6, 6.07) is 13.2. The van der Waals surface area contributed by atoms with Crippen molar-refractivity contribution in [1.82, 2.24) is 15.0 Å². The lowest BCUT2D eigenvalue weighted by Crippen LogP contribution is -2.32. The van der Waals surface area contributed by atoms with Crippen LogP contribution < -0.4 is 9.64 Å². The second kappa shape index (κ2) is 8.83. The molecule has 1 aliphatic heterocycles. The van der Waals surface area contributed by atoms with Crippen LogP contribution in [0.2, 0.25) is 0 Å². The van der Waals surface area contributed by atoms with Crippen LogP contribution >= 0.6 is 0 Å². The molecule has 0 N–H and O–H groups in total. The Morgan fingerprint density at radius 2 is 1.87 bits per heavy atom. The van der Waals surface area contributed by atoms with Gasteiger partial charge in [0.25, 0.3) is 0 Å². The summed E-state index contributed by atoms with van der Waals surface area (Å²) in [5, 5.41) is 4.07. The molecule has 0 bridgehead atoms. The lowest BCUT2D eigenvalue weighted by Gasteiger charge is -2.26. The predicted molar refractivity (Wildman–Crippen MR) is 114 cm³/mol. The standard InChI is InChI=1S/C23H27FN4O2/c1-16-5-6-18(15-21(16)24)22-25-23(30-26-22)17(2)27-11-4-12-28(14-13-27)19-7-9-20(29-3)10-8-19/h5-10,15,17H,4,11-14H2,1-3H3. The fraction of sp³-hybridized carbons (Fsp3) is 0.391. The van der Waals surface area contributed by atoms with Gasteiger partial charge in [-0.25, -0.2) is 4.39 Å². The van der Waals surface area contributed by atoms with Gasteiger partial charge in [0, 0.05) is 37.4 Å². The van der Waals surface area contributed by atoms with Crippen molar-refractivity contribution in [2.45, 2.75) is 26.3 Å². The Bertz CT molecular complexity index is 989. The van der Waals surface area contributed by atoms with Crippen LogP contribution in [0, 0.1) is 12.7 Å². The van der Waals surface area contributed by atoms with E-state index in [1.54, 1.807) is 20.1 Å². The number of hydrogen-bond donors (Lipinski definition) is 0. The molecule has 1 fully saturated rings. The number of aryl methyl sites for hydroxylation is 1. The lowest BCUT2D eigenvalue weighted by molar-refractivity contribution is 0.184. The van der Waals surface area contributed by atoms with Gasteiger partial charge in [0.1, 0.15) is 11.6 Å². The minimum Gasteiger partial charge on any atom is -0.497 e. The second-order valence-corrected chi connectivity index (χ2v) is 7.67. The van der Waals surface area contributed by atoms with Gasteiger partial charge >= 0.3 is 0 Å². The lowest BCUT2D eigenvalue weighted by atomic mass is 10.1. The molecule has 1 aliphatic rings. The van der Waals surface area contributed by atoms with Gasteiger partial charge < -0.3 is 14.2 Å². The molecule has 1 saturated heterocycles. The molecule has 158 valence electrons. The molecule has 0 amide bonds. The summed E-state index contributed by atoms with van der Waals surface area (Å²) in [5.74, 6) is 1.58. The zero-order valence-electron chi connectivity index (χ0n) is 17.6. The van der Waals surface area contributed by atoms with Crippen molar-refractivity contribution >= 4 is 5.69 Å². The Kier molecular flexibility index (Phi) is 5.99. The molecule has 30 heavy (non-hydrogen) atoms. The van der Waals surface area contributed by atoms with Crippen molar-refractivity contribution in [3.05, 3.63) is 59.7 Å². The van der Waals surface area contributed by atoms with Crippen LogP contribution in [0.5, 0.6) is 5.75 Å². The third kappa shape index (κ3) is 4.31. The third-order valence-electron chi connectivity index (χ3n) is 5.74. The Morgan fingerprint density at radius 1 is 1.07 bits per heavy atom. The van der Waals surface area contributed by atoms with Gasteiger partial charge in [-0.3, -0.25) is 4.90 Å². The predicted octanol–water partition coefficient (Wildman–Crippen LogP) is 4.47. The van der Waals surface area contributed by atoms with Crippen molar-refractivity contribution in [2.24, 2.45) is 0 Å². The van der Waals surface area contributed by atoms with E-state index < -0.39 is 0 Å². The van der Waals surface area contributed by atoms with Crippen molar-refractivity contribution < 1.29 is 13.7 Å². The molecule has 7 heteroatoms. The molecule has 1 unspecified atom stereocenters. The smallest absolute Gasteiger partial charge is 0.244 e. The first-order valence-electron chi connectivity index (χ1n) is 10.3. The number of halogens is 1. The average Bonchev–Trinajstić information content (AvgIpc) is 3.13. The van der Waals surface area contributed by atoms with E-state index in [2.05, 4.69) is 39.0 Å². The van der Waals surface area contributed by atoms with E-state index in [9.17, 15) is 4.39 Å². The van der Waals surface area contributed by atoms with Gasteiger partial charge in [0.2, 0.25) is 11.7 Å². The number of ether oxygens (including phenoxy) is 1. The van der Waals surface area contributed by atoms with Crippen LogP contribution in [0.3, 0.4) is 0 Å². The molecule has 1 aromatic heterocycles. The summed E-state index contributed by atoms with van der Waals surface area (Å²) in [5.41, 5.74) is 2.43. The van der Waals surface area contributed by atoms with Crippen LogP contribution in [0.25, 0.3) is 11.4 Å². The van der Waals surface area contributed by atoms with Crippen molar-refractivity contribution in [3.8, 4) is 17.1 Å². The first kappa shape index (κ1) is 20.3. The van der Waals surface area contributed by atoms with Crippen LogP contribution in [0.4, 0.5) is 10.1 Å². The molecule has 4 rings (SSSR count). The number of aromatic nitrogens is 2. The Hall–Kier alpha value is -2.93. The largest absolute Gasteiger partial charge is 0.497 e. The maximum atomic E-state index is 13.9. The third-order valence-corrected chi connectivity index (χ3v) is 5.74. The topological polar surface area (TPSA) is 54.6 Å². The normalized spacial score (nSPS) is 16.3. The van der Waals surface area contributed by atoms with Crippen LogP contribution in [-0.2, 0) is 0 Å². The summed E-state index contributed by atoms with van der Waals surface area (Å²) < 4.78 is 24.7. The van der Waals surface area contributed by atoms with Gasteiger partial charge in [-0.2, -0.15) is 4.98 Å². The fourth-order valence-corrected chi connectivity index (χ4v) is 3.79. The van der Waals surface area contributed by atoms with Crippen LogP contribution in [-0.4, -0.2) is 48.3 Å². The van der Waals surface area contributed by atoms with Crippen molar-refractivity contribution in [1.29, 1.82) is 0 Å². The zero-order chi connectivity index (χ0) is 21.1. The second-order valence-electron chi connectivity index (χ2n) is 7.67. The number of rotatable bonds is 5. The number of benzene rings is 2. The Balaban J connectivity index is 1.43. The number of anilines is 1. The highest BCUT2D eigenvalue weighted by molar-refractivity contribution is 5.55. The Morgan fingerprint density at radius 3 is 2.60 bits per heavy atom. The molecule has 0 radical (unpaired) electrons. The van der Waals surface area contributed by atoms with Gasteiger partial charge in [0.15, 0.2) is 0 Å². The number of hydrogen-bond acceptors (Lipinski definition) is 6. The van der Waals surface area contributed by atoms with Crippen molar-refractivity contribution in [3.63, 3.8) is 0 Å². The fourth-order valence-electron chi connectivity index (χ4n) is 3.79. The summed E-state index contributed by atoms with van der Waals surface area (Å²) in [6.07, 6.45) is 1.04. The van der Waals surface area contributed by atoms with Crippen molar-refractivity contribution in [2.75, 3.05) is 38.2 Å². The molecule has 3 aromatic rings. The first-order chi connectivity index (χ1) is 14.5. The highest BCUT2D eigenvalue weighted by Crippen LogP contribution is 2.26. The molecule has 1 atom stereocenters. The zero-order valence-corrected chi connectivity index (χ0v) is 17.6. The van der Waals surface area contributed by atoms with Gasteiger partial charge in [0.05, 0.1) is 13.2 Å². The molecule has 0 aliphatic carbocycles. The number of nitrogens with zero attached hydrogens (tertiary/aromatic N) is 4. The summed E-state index contributed by atoms with van der Waals surface area (Å²) in [6.45, 7) is 7.57. The minimum atomic E-state index is -0.266. The maximum Gasteiger partial charge on any atom is 0.244 e. The summed E-state index contributed by atoms with van der Waals surface area (Å²) >= 11 is 0. The molecule has 2 aromatic carbocycles. The number of methoxy groups -OCH3 is 1. The minimum absolute atomic E-state index is 0.00244. The van der Waals surface area contributed by atoms with E-state index >= 15 is 0 Å². The first-order valence-corrected chi connectivity index (χ1v) is 10.3. The van der Waals surface area contributed by atoms with E-state index in [0.29, 0.717) is 22.8 Å². The van der Waals surface area contributed by atoms with E-state index in [4.69, 9.17) is 9.26 Å². The maximum absolute atomic E-state index is 13.9. The van der Waals surface area contributed by atoms with E-state index in [1.807, 2.05) is 18.2 Å². The molecule has 0 saturated carbocycles. The van der Waals surface area contributed by atoms with E-state index in [0.717, 1.165) is 38.3 Å². The van der Waals surface area contributed by atoms with Gasteiger partial charge in [-0.15, -0.1) is 0 Å². The van der Waals surface area contributed by atoms with E-state index in [-0.39, 0.29) is 11.9 Å². The quantitative estimate of drug-likeness (QED) is 0.619. The van der Waals surface area contributed by atoms with Crippen LogP contribution in [0.1, 0.15) is 30.8 Å².